The Morgan fingerprint density at radius 2 is 2.14 bits per heavy atom. The fourth-order valence-corrected chi connectivity index (χ4v) is 3.38. The van der Waals surface area contributed by atoms with E-state index in [0.717, 1.165) is 31.1 Å². The summed E-state index contributed by atoms with van der Waals surface area (Å²) in [6, 6.07) is 0. The molecular formula is C13H20O. The number of rotatable bonds is 2. The van der Waals surface area contributed by atoms with Crippen molar-refractivity contribution in [3.63, 3.8) is 0 Å². The topological polar surface area (TPSA) is 20.2 Å². The van der Waals surface area contributed by atoms with Gasteiger partial charge in [-0.3, -0.25) is 0 Å². The van der Waals surface area contributed by atoms with Crippen LogP contribution >= 0.6 is 0 Å². The van der Waals surface area contributed by atoms with E-state index in [9.17, 15) is 5.11 Å². The number of hydrogen-bond acceptors (Lipinski definition) is 1. The van der Waals surface area contributed by atoms with E-state index in [1.807, 2.05) is 0 Å². The highest BCUT2D eigenvalue weighted by atomic mass is 16.3. The molecule has 0 heterocycles. The molecule has 1 nitrogen and oxygen atoms in total. The van der Waals surface area contributed by atoms with Crippen LogP contribution < -0.4 is 0 Å². The zero-order valence-electron chi connectivity index (χ0n) is 9.21. The van der Waals surface area contributed by atoms with Gasteiger partial charge in [-0.1, -0.05) is 25.5 Å². The normalized spacial score (nSPS) is 41.2. The summed E-state index contributed by atoms with van der Waals surface area (Å²) < 4.78 is 0. The first-order chi connectivity index (χ1) is 6.51. The number of allylic oxidation sites excluding steroid dienone is 1. The summed E-state index contributed by atoms with van der Waals surface area (Å²) in [4.78, 5) is 0. The molecule has 2 unspecified atom stereocenters. The van der Waals surface area contributed by atoms with E-state index in [0.29, 0.717) is 5.41 Å². The van der Waals surface area contributed by atoms with Crippen LogP contribution in [0.5, 0.6) is 0 Å². The molecule has 0 radical (unpaired) electrons. The molecule has 2 bridgehead atoms. The maximum absolute atomic E-state index is 9.95. The fraction of sp³-hybridized carbons (Fsp3) is 0.846. The Morgan fingerprint density at radius 1 is 1.43 bits per heavy atom. The summed E-state index contributed by atoms with van der Waals surface area (Å²) in [6.07, 6.45) is 8.08. The van der Waals surface area contributed by atoms with Crippen molar-refractivity contribution in [3.05, 3.63) is 11.6 Å². The molecule has 0 aliphatic heterocycles. The minimum atomic E-state index is -0.287. The van der Waals surface area contributed by atoms with Crippen molar-refractivity contribution in [1.29, 1.82) is 0 Å². The molecule has 4 aliphatic rings. The molecule has 0 aromatic carbocycles. The van der Waals surface area contributed by atoms with Crippen molar-refractivity contribution < 1.29 is 5.11 Å². The molecular weight excluding hydrogens is 172 g/mol. The van der Waals surface area contributed by atoms with E-state index in [2.05, 4.69) is 19.9 Å². The first-order valence-electron chi connectivity index (χ1n) is 5.93. The summed E-state index contributed by atoms with van der Waals surface area (Å²) in [6.45, 7) is 4.80. The van der Waals surface area contributed by atoms with Crippen molar-refractivity contribution in [3.8, 4) is 0 Å². The van der Waals surface area contributed by atoms with Crippen molar-refractivity contribution in [2.24, 2.45) is 17.3 Å². The van der Waals surface area contributed by atoms with E-state index < -0.39 is 0 Å². The minimum Gasteiger partial charge on any atom is -0.390 e. The van der Waals surface area contributed by atoms with Crippen LogP contribution in [-0.4, -0.2) is 10.7 Å². The van der Waals surface area contributed by atoms with Crippen LogP contribution in [0.15, 0.2) is 11.6 Å². The summed E-state index contributed by atoms with van der Waals surface area (Å²) in [7, 11) is 0. The molecule has 78 valence electrons. The van der Waals surface area contributed by atoms with Gasteiger partial charge in [-0.15, -0.1) is 0 Å². The third kappa shape index (κ3) is 1.11. The van der Waals surface area contributed by atoms with Gasteiger partial charge in [-0.05, 0) is 49.4 Å². The largest absolute Gasteiger partial charge is 0.390 e. The molecule has 4 aliphatic carbocycles. The minimum absolute atomic E-state index is 0.287. The van der Waals surface area contributed by atoms with Crippen LogP contribution in [0.25, 0.3) is 0 Å². The second kappa shape index (κ2) is 2.44. The van der Waals surface area contributed by atoms with Crippen LogP contribution in [0.3, 0.4) is 0 Å². The summed E-state index contributed by atoms with van der Waals surface area (Å²) >= 11 is 0. The van der Waals surface area contributed by atoms with Gasteiger partial charge in [0.15, 0.2) is 0 Å². The van der Waals surface area contributed by atoms with Crippen molar-refractivity contribution in [2.75, 3.05) is 0 Å². The predicted molar refractivity (Wildman–Crippen MR) is 56.9 cm³/mol. The highest BCUT2D eigenvalue weighted by Gasteiger charge is 2.53. The Balaban J connectivity index is 1.78. The lowest BCUT2D eigenvalue weighted by Gasteiger charge is -2.56. The fourth-order valence-electron chi connectivity index (χ4n) is 3.38. The second-order valence-corrected chi connectivity index (χ2v) is 6.22. The first kappa shape index (κ1) is 8.96. The maximum atomic E-state index is 9.95. The number of hydrogen-bond donors (Lipinski definition) is 1. The summed E-state index contributed by atoms with van der Waals surface area (Å²) in [5.41, 5.74) is 1.80. The second-order valence-electron chi connectivity index (χ2n) is 6.22. The number of fused-ring (bicyclic) bond motifs is 1. The molecule has 0 amide bonds. The van der Waals surface area contributed by atoms with E-state index in [1.165, 1.54) is 12.8 Å². The molecule has 2 fully saturated rings. The molecule has 14 heavy (non-hydrogen) atoms. The highest BCUT2D eigenvalue weighted by Crippen LogP contribution is 2.61. The van der Waals surface area contributed by atoms with E-state index >= 15 is 0 Å². The van der Waals surface area contributed by atoms with E-state index in [-0.39, 0.29) is 5.60 Å². The van der Waals surface area contributed by atoms with Crippen LogP contribution in [0.2, 0.25) is 0 Å². The third-order valence-corrected chi connectivity index (χ3v) is 4.94. The van der Waals surface area contributed by atoms with Gasteiger partial charge in [0.05, 0.1) is 5.60 Å². The molecule has 0 aromatic rings. The Morgan fingerprint density at radius 3 is 2.64 bits per heavy atom. The molecule has 2 saturated carbocycles. The van der Waals surface area contributed by atoms with E-state index in [1.54, 1.807) is 5.57 Å². The molecule has 0 saturated heterocycles. The zero-order valence-corrected chi connectivity index (χ0v) is 9.21. The Bertz CT molecular complexity index is 296. The van der Waals surface area contributed by atoms with Gasteiger partial charge in [-0.25, -0.2) is 0 Å². The molecule has 0 aromatic heterocycles. The first-order valence-corrected chi connectivity index (χ1v) is 5.93. The zero-order chi connectivity index (χ0) is 9.97. The summed E-state index contributed by atoms with van der Waals surface area (Å²) in [5, 5.41) is 9.95. The van der Waals surface area contributed by atoms with E-state index in [4.69, 9.17) is 0 Å². The lowest BCUT2D eigenvalue weighted by molar-refractivity contribution is -0.0134. The average Bonchev–Trinajstić information content (AvgIpc) is 2.83. The molecule has 2 atom stereocenters. The maximum Gasteiger partial charge on any atom is 0.0687 e. The lowest BCUT2D eigenvalue weighted by atomic mass is 9.48. The molecule has 4 rings (SSSR count). The number of aliphatic hydroxyl groups is 1. The standard InChI is InChI=1S/C13H20O/c1-12(2)10-4-3-9(11(12)7-10)8-13(14)5-6-13/h3,10-11,14H,4-8H2,1-2H3. The van der Waals surface area contributed by atoms with Crippen LogP contribution in [0, 0.1) is 17.3 Å². The summed E-state index contributed by atoms with van der Waals surface area (Å²) in [5.74, 6) is 1.70. The van der Waals surface area contributed by atoms with Gasteiger partial charge in [0, 0.05) is 0 Å². The van der Waals surface area contributed by atoms with Gasteiger partial charge in [-0.2, -0.15) is 0 Å². The Kier molecular flexibility index (Phi) is 1.56. The van der Waals surface area contributed by atoms with Gasteiger partial charge >= 0.3 is 0 Å². The van der Waals surface area contributed by atoms with Gasteiger partial charge in [0.2, 0.25) is 0 Å². The third-order valence-electron chi connectivity index (χ3n) is 4.94. The molecule has 1 N–H and O–H groups in total. The van der Waals surface area contributed by atoms with Crippen LogP contribution in [-0.2, 0) is 0 Å². The Labute approximate surface area is 86.2 Å². The van der Waals surface area contributed by atoms with Crippen molar-refractivity contribution in [1.82, 2.24) is 0 Å². The predicted octanol–water partition coefficient (Wildman–Crippen LogP) is 2.89. The monoisotopic (exact) mass is 192 g/mol. The molecule has 0 spiro atoms. The average molecular weight is 192 g/mol. The van der Waals surface area contributed by atoms with Crippen molar-refractivity contribution >= 4 is 0 Å². The molecule has 1 heteroatoms. The smallest absolute Gasteiger partial charge is 0.0687 e. The van der Waals surface area contributed by atoms with Crippen LogP contribution in [0.4, 0.5) is 0 Å². The SMILES string of the molecule is CC1(C)C2CC=C(CC3(O)CC3)C1C2. The van der Waals surface area contributed by atoms with Crippen LogP contribution in [0.1, 0.15) is 46.0 Å². The Hall–Kier alpha value is -0.300. The van der Waals surface area contributed by atoms with Gasteiger partial charge < -0.3 is 5.11 Å². The quantitative estimate of drug-likeness (QED) is 0.667. The van der Waals surface area contributed by atoms with Crippen molar-refractivity contribution in [2.45, 2.75) is 51.6 Å². The van der Waals surface area contributed by atoms with Gasteiger partial charge in [0.25, 0.3) is 0 Å². The highest BCUT2D eigenvalue weighted by molar-refractivity contribution is 5.26. The van der Waals surface area contributed by atoms with Gasteiger partial charge in [0.1, 0.15) is 0 Å². The lowest BCUT2D eigenvalue weighted by Crippen LogP contribution is -2.48.